The zero-order valence-electron chi connectivity index (χ0n) is 15.0. The number of para-hydroxylation sites is 1. The molecule has 1 aromatic carbocycles. The Morgan fingerprint density at radius 3 is 2.96 bits per heavy atom. The van der Waals surface area contributed by atoms with E-state index in [2.05, 4.69) is 5.32 Å². The number of benzene rings is 1. The third kappa shape index (κ3) is 4.25. The summed E-state index contributed by atoms with van der Waals surface area (Å²) >= 11 is 0. The number of aliphatic hydroxyl groups excluding tert-OH is 1. The van der Waals surface area contributed by atoms with Crippen molar-refractivity contribution in [2.45, 2.75) is 38.7 Å². The summed E-state index contributed by atoms with van der Waals surface area (Å²) in [5.74, 6) is 1.11. The number of hydrogen-bond donors (Lipinski definition) is 2. The van der Waals surface area contributed by atoms with Crippen LogP contribution in [0.15, 0.2) is 18.2 Å². The maximum absolute atomic E-state index is 12.1. The minimum atomic E-state index is -0.380. The highest BCUT2D eigenvalue weighted by Gasteiger charge is 2.34. The molecule has 1 fully saturated rings. The molecule has 0 spiro atoms. The molecule has 1 unspecified atom stereocenters. The lowest BCUT2D eigenvalue weighted by Crippen LogP contribution is -2.46. The van der Waals surface area contributed by atoms with Gasteiger partial charge in [0.2, 0.25) is 0 Å². The van der Waals surface area contributed by atoms with Gasteiger partial charge in [-0.05, 0) is 32.8 Å². The van der Waals surface area contributed by atoms with E-state index >= 15 is 0 Å². The Hall–Kier alpha value is -1.79. The first-order valence-electron chi connectivity index (χ1n) is 8.82. The molecule has 2 aliphatic heterocycles. The molecule has 2 aliphatic rings. The molecule has 0 aromatic heterocycles. The number of hydrogen-bond acceptors (Lipinski definition) is 5. The van der Waals surface area contributed by atoms with E-state index in [1.54, 1.807) is 0 Å². The highest BCUT2D eigenvalue weighted by Crippen LogP contribution is 2.41. The fourth-order valence-corrected chi connectivity index (χ4v) is 3.41. The number of carbonyl (C=O) groups excluding carboxylic acids is 1. The molecule has 0 aliphatic carbocycles. The smallest absolute Gasteiger partial charge is 0.257 e. The second kappa shape index (κ2) is 7.22. The summed E-state index contributed by atoms with van der Waals surface area (Å²) in [6.07, 6.45) is 2.57. The molecular weight excluding hydrogens is 322 g/mol. The van der Waals surface area contributed by atoms with Crippen molar-refractivity contribution in [1.29, 1.82) is 0 Å². The van der Waals surface area contributed by atoms with Gasteiger partial charge in [0.15, 0.2) is 18.1 Å². The SMILES string of the molecule is CC1(C)Cc2cccc(OCC(=O)NCC3(CO)CCCOC3)c2O1. The Kier molecular flexibility index (Phi) is 5.20. The quantitative estimate of drug-likeness (QED) is 0.817. The van der Waals surface area contributed by atoms with E-state index in [-0.39, 0.29) is 30.1 Å². The Balaban J connectivity index is 1.53. The van der Waals surface area contributed by atoms with Crippen LogP contribution in [0.3, 0.4) is 0 Å². The second-order valence-corrected chi connectivity index (χ2v) is 7.66. The van der Waals surface area contributed by atoms with Gasteiger partial charge in [-0.1, -0.05) is 12.1 Å². The highest BCUT2D eigenvalue weighted by molar-refractivity contribution is 5.77. The van der Waals surface area contributed by atoms with Crippen LogP contribution in [0.25, 0.3) is 0 Å². The van der Waals surface area contributed by atoms with E-state index in [0.717, 1.165) is 30.6 Å². The van der Waals surface area contributed by atoms with E-state index in [0.29, 0.717) is 25.5 Å². The third-order valence-electron chi connectivity index (χ3n) is 4.81. The van der Waals surface area contributed by atoms with Crippen LogP contribution in [0.1, 0.15) is 32.3 Å². The predicted molar refractivity (Wildman–Crippen MR) is 92.9 cm³/mol. The first-order chi connectivity index (χ1) is 11.9. The highest BCUT2D eigenvalue weighted by atomic mass is 16.5. The van der Waals surface area contributed by atoms with Gasteiger partial charge in [0.1, 0.15) is 5.60 Å². The van der Waals surface area contributed by atoms with Crippen molar-refractivity contribution >= 4 is 5.91 Å². The van der Waals surface area contributed by atoms with Crippen molar-refractivity contribution in [3.63, 3.8) is 0 Å². The number of ether oxygens (including phenoxy) is 3. The Morgan fingerprint density at radius 2 is 2.24 bits per heavy atom. The summed E-state index contributed by atoms with van der Waals surface area (Å²) in [7, 11) is 0. The van der Waals surface area contributed by atoms with Crippen molar-refractivity contribution in [1.82, 2.24) is 5.32 Å². The van der Waals surface area contributed by atoms with Gasteiger partial charge >= 0.3 is 0 Å². The van der Waals surface area contributed by atoms with Crippen LogP contribution in [0.2, 0.25) is 0 Å². The minimum Gasteiger partial charge on any atom is -0.483 e. The fraction of sp³-hybridized carbons (Fsp3) is 0.632. The van der Waals surface area contributed by atoms with Gasteiger partial charge in [-0.15, -0.1) is 0 Å². The average molecular weight is 349 g/mol. The molecule has 2 heterocycles. The summed E-state index contributed by atoms with van der Waals surface area (Å²) in [6.45, 7) is 5.57. The standard InChI is InChI=1S/C19H27NO5/c1-18(2)9-14-5-3-6-15(17(14)25-18)24-10-16(22)20-11-19(12-21)7-4-8-23-13-19/h3,5-6,21H,4,7-13H2,1-2H3,(H,20,22). The third-order valence-corrected chi connectivity index (χ3v) is 4.81. The molecule has 138 valence electrons. The maximum atomic E-state index is 12.1. The number of nitrogens with one attached hydrogen (secondary N) is 1. The van der Waals surface area contributed by atoms with E-state index < -0.39 is 0 Å². The maximum Gasteiger partial charge on any atom is 0.257 e. The molecule has 0 radical (unpaired) electrons. The minimum absolute atomic E-state index is 0.00323. The van der Waals surface area contributed by atoms with Gasteiger partial charge in [0, 0.05) is 30.6 Å². The van der Waals surface area contributed by atoms with E-state index in [4.69, 9.17) is 14.2 Å². The normalized spacial score (nSPS) is 24.3. The van der Waals surface area contributed by atoms with Crippen LogP contribution in [-0.4, -0.2) is 49.6 Å². The van der Waals surface area contributed by atoms with Crippen molar-refractivity contribution < 1.29 is 24.1 Å². The first kappa shape index (κ1) is 18.0. The number of fused-ring (bicyclic) bond motifs is 1. The molecule has 0 bridgehead atoms. The molecule has 1 saturated heterocycles. The lowest BCUT2D eigenvalue weighted by molar-refractivity contribution is -0.124. The molecule has 1 amide bonds. The van der Waals surface area contributed by atoms with Crippen molar-refractivity contribution in [3.8, 4) is 11.5 Å². The molecular formula is C19H27NO5. The molecule has 1 aromatic rings. The van der Waals surface area contributed by atoms with E-state index in [9.17, 15) is 9.90 Å². The average Bonchev–Trinajstić information content (AvgIpc) is 2.93. The number of amides is 1. The summed E-state index contributed by atoms with van der Waals surface area (Å²) in [6, 6.07) is 5.75. The zero-order chi connectivity index (χ0) is 17.9. The second-order valence-electron chi connectivity index (χ2n) is 7.66. The van der Waals surface area contributed by atoms with Crippen LogP contribution in [0.4, 0.5) is 0 Å². The monoisotopic (exact) mass is 349 g/mol. The first-order valence-corrected chi connectivity index (χ1v) is 8.82. The lowest BCUT2D eigenvalue weighted by atomic mass is 9.83. The van der Waals surface area contributed by atoms with Crippen molar-refractivity contribution in [3.05, 3.63) is 23.8 Å². The molecule has 0 saturated carbocycles. The van der Waals surface area contributed by atoms with E-state index in [1.165, 1.54) is 0 Å². The summed E-state index contributed by atoms with van der Waals surface area (Å²) in [5.41, 5.74) is 0.467. The Bertz CT molecular complexity index is 622. The van der Waals surface area contributed by atoms with Crippen molar-refractivity contribution in [2.75, 3.05) is 33.0 Å². The number of rotatable bonds is 6. The van der Waals surface area contributed by atoms with Crippen LogP contribution in [0, 0.1) is 5.41 Å². The number of carbonyl (C=O) groups is 1. The zero-order valence-corrected chi connectivity index (χ0v) is 15.0. The van der Waals surface area contributed by atoms with Crippen LogP contribution < -0.4 is 14.8 Å². The molecule has 2 N–H and O–H groups in total. The van der Waals surface area contributed by atoms with Gasteiger partial charge in [-0.2, -0.15) is 0 Å². The molecule has 3 rings (SSSR count). The van der Waals surface area contributed by atoms with Gasteiger partial charge in [-0.25, -0.2) is 0 Å². The molecule has 1 atom stereocenters. The van der Waals surface area contributed by atoms with Crippen molar-refractivity contribution in [2.24, 2.45) is 5.41 Å². The largest absolute Gasteiger partial charge is 0.483 e. The molecule has 6 nitrogen and oxygen atoms in total. The van der Waals surface area contributed by atoms with Crippen LogP contribution in [-0.2, 0) is 16.0 Å². The van der Waals surface area contributed by atoms with E-state index in [1.807, 2.05) is 32.0 Å². The van der Waals surface area contributed by atoms with Gasteiger partial charge in [-0.3, -0.25) is 4.79 Å². The summed E-state index contributed by atoms with van der Waals surface area (Å²) < 4.78 is 17.1. The lowest BCUT2D eigenvalue weighted by Gasteiger charge is -2.35. The van der Waals surface area contributed by atoms with Gasteiger partial charge in [0.25, 0.3) is 5.91 Å². The molecule has 25 heavy (non-hydrogen) atoms. The Morgan fingerprint density at radius 1 is 1.40 bits per heavy atom. The molecule has 6 heteroatoms. The van der Waals surface area contributed by atoms with Crippen LogP contribution >= 0.6 is 0 Å². The summed E-state index contributed by atoms with van der Waals surface area (Å²) in [4.78, 5) is 12.1. The summed E-state index contributed by atoms with van der Waals surface area (Å²) in [5, 5.41) is 12.5. The van der Waals surface area contributed by atoms with Crippen LogP contribution in [0.5, 0.6) is 11.5 Å². The predicted octanol–water partition coefficient (Wildman–Crippen LogP) is 1.68. The Labute approximate surface area is 148 Å². The number of aliphatic hydroxyl groups is 1. The fourth-order valence-electron chi connectivity index (χ4n) is 3.41. The van der Waals surface area contributed by atoms with Gasteiger partial charge < -0.3 is 24.6 Å². The van der Waals surface area contributed by atoms with Gasteiger partial charge in [0.05, 0.1) is 13.2 Å². The topological polar surface area (TPSA) is 77.0 Å².